The molecule has 0 aromatic heterocycles. The maximum atomic E-state index is 9.71. The first-order valence-electron chi connectivity index (χ1n) is 1.81. The molecule has 0 radical (unpaired) electrons. The van der Waals surface area contributed by atoms with Crippen molar-refractivity contribution in [3.63, 3.8) is 0 Å². The zero-order chi connectivity index (χ0) is 5.86. The Bertz CT molecular complexity index is 118. The molecule has 0 saturated carbocycles. The van der Waals surface area contributed by atoms with Gasteiger partial charge in [-0.25, -0.2) is 0 Å². The Morgan fingerprint density at radius 1 is 1.88 bits per heavy atom. The average Bonchev–Trinajstić information content (AvgIpc) is 1.65. The fourth-order valence-electron chi connectivity index (χ4n) is 0.0552. The molecule has 1 unspecified atom stereocenters. The van der Waals surface area contributed by atoms with Crippen LogP contribution in [-0.4, -0.2) is 48.8 Å². The molecule has 3 nitrogen and oxygen atoms in total. The standard InChI is InChI=1S/C4H5NO2.Ca.2H/c1-3(2-5)4(6)7;;;/h3H,1H3,(H,6,7);;;. The van der Waals surface area contributed by atoms with Crippen LogP contribution in [-0.2, 0) is 4.79 Å². The fraction of sp³-hybridized carbons (Fsp3) is 0.500. The summed E-state index contributed by atoms with van der Waals surface area (Å²) >= 11 is 0. The summed E-state index contributed by atoms with van der Waals surface area (Å²) in [5, 5.41) is 15.8. The molecule has 0 aliphatic rings. The van der Waals surface area contributed by atoms with Gasteiger partial charge in [0.05, 0.1) is 6.07 Å². The summed E-state index contributed by atoms with van der Waals surface area (Å²) in [6.45, 7) is 1.34. The third-order valence-corrected chi connectivity index (χ3v) is 0.564. The van der Waals surface area contributed by atoms with Gasteiger partial charge in [-0.05, 0) is 6.92 Å². The van der Waals surface area contributed by atoms with Crippen LogP contribution in [0.1, 0.15) is 6.92 Å². The first kappa shape index (κ1) is 11.1. The Kier molecular flexibility index (Phi) is 7.42. The van der Waals surface area contributed by atoms with Crippen molar-refractivity contribution in [1.82, 2.24) is 0 Å². The van der Waals surface area contributed by atoms with Gasteiger partial charge in [0.25, 0.3) is 0 Å². The van der Waals surface area contributed by atoms with Crippen LogP contribution in [0, 0.1) is 17.2 Å². The van der Waals surface area contributed by atoms with E-state index in [1.807, 2.05) is 0 Å². The van der Waals surface area contributed by atoms with Gasteiger partial charge in [-0.15, -0.1) is 0 Å². The van der Waals surface area contributed by atoms with Gasteiger partial charge in [0.1, 0.15) is 5.92 Å². The molecule has 0 saturated heterocycles. The summed E-state index contributed by atoms with van der Waals surface area (Å²) in [5.41, 5.74) is 0. The van der Waals surface area contributed by atoms with Gasteiger partial charge in [0.2, 0.25) is 0 Å². The van der Waals surface area contributed by atoms with Crippen molar-refractivity contribution in [2.75, 3.05) is 0 Å². The molecule has 1 N–H and O–H groups in total. The molecule has 0 aromatic carbocycles. The molecule has 0 rings (SSSR count). The predicted molar refractivity (Wildman–Crippen MR) is 31.0 cm³/mol. The van der Waals surface area contributed by atoms with E-state index in [0.717, 1.165) is 0 Å². The van der Waals surface area contributed by atoms with Crippen LogP contribution < -0.4 is 0 Å². The molecule has 0 amide bonds. The monoisotopic (exact) mass is 141 g/mol. The number of hydrogen-bond donors (Lipinski definition) is 1. The molecule has 8 heavy (non-hydrogen) atoms. The minimum absolute atomic E-state index is 0. The molecular weight excluding hydrogens is 134 g/mol. The summed E-state index contributed by atoms with van der Waals surface area (Å²) in [7, 11) is 0. The quantitative estimate of drug-likeness (QED) is 0.492. The summed E-state index contributed by atoms with van der Waals surface area (Å²) in [6, 6.07) is 1.56. The van der Waals surface area contributed by atoms with Crippen LogP contribution in [0.4, 0.5) is 0 Å². The molecule has 0 aromatic rings. The van der Waals surface area contributed by atoms with E-state index in [4.69, 9.17) is 10.4 Å². The van der Waals surface area contributed by atoms with Crippen molar-refractivity contribution in [2.24, 2.45) is 5.92 Å². The first-order valence-corrected chi connectivity index (χ1v) is 1.81. The first-order chi connectivity index (χ1) is 3.18. The van der Waals surface area contributed by atoms with Gasteiger partial charge >= 0.3 is 43.7 Å². The zero-order valence-electron chi connectivity index (χ0n) is 3.88. The molecule has 0 spiro atoms. The van der Waals surface area contributed by atoms with E-state index >= 15 is 0 Å². The number of rotatable bonds is 1. The van der Waals surface area contributed by atoms with E-state index in [0.29, 0.717) is 0 Å². The van der Waals surface area contributed by atoms with E-state index in [-0.39, 0.29) is 37.7 Å². The van der Waals surface area contributed by atoms with E-state index in [1.54, 1.807) is 6.07 Å². The van der Waals surface area contributed by atoms with Crippen molar-refractivity contribution in [2.45, 2.75) is 6.92 Å². The van der Waals surface area contributed by atoms with Crippen LogP contribution in [0.5, 0.6) is 0 Å². The number of nitrogens with zero attached hydrogens (tertiary/aromatic N) is 1. The SMILES string of the molecule is CC(C#N)C(=O)O.[CaH2]. The van der Waals surface area contributed by atoms with Gasteiger partial charge < -0.3 is 5.11 Å². The van der Waals surface area contributed by atoms with E-state index in [1.165, 1.54) is 6.92 Å². The van der Waals surface area contributed by atoms with Crippen molar-refractivity contribution >= 4 is 43.7 Å². The molecule has 0 bridgehead atoms. The van der Waals surface area contributed by atoms with Crippen molar-refractivity contribution in [3.8, 4) is 6.07 Å². The zero-order valence-corrected chi connectivity index (χ0v) is 3.88. The van der Waals surface area contributed by atoms with E-state index in [2.05, 4.69) is 0 Å². The summed E-state index contributed by atoms with van der Waals surface area (Å²) in [4.78, 5) is 9.71. The minimum atomic E-state index is -1.07. The Labute approximate surface area is 77.3 Å². The number of hydrogen-bond acceptors (Lipinski definition) is 2. The van der Waals surface area contributed by atoms with Crippen molar-refractivity contribution < 1.29 is 9.90 Å². The number of carboxylic acid groups (broad SMARTS) is 1. The average molecular weight is 141 g/mol. The molecule has 0 heterocycles. The number of nitriles is 1. The molecule has 1 atom stereocenters. The summed E-state index contributed by atoms with van der Waals surface area (Å²) < 4.78 is 0. The Morgan fingerprint density at radius 3 is 2.25 bits per heavy atom. The molecule has 42 valence electrons. The van der Waals surface area contributed by atoms with Crippen LogP contribution in [0.3, 0.4) is 0 Å². The van der Waals surface area contributed by atoms with Gasteiger partial charge in [-0.3, -0.25) is 4.79 Å². The van der Waals surface area contributed by atoms with Crippen molar-refractivity contribution in [1.29, 1.82) is 5.26 Å². The normalized spacial score (nSPS) is 10.5. The van der Waals surface area contributed by atoms with Gasteiger partial charge in [0.15, 0.2) is 0 Å². The van der Waals surface area contributed by atoms with Crippen LogP contribution in [0.2, 0.25) is 0 Å². The predicted octanol–water partition coefficient (Wildman–Crippen LogP) is -0.686. The summed E-state index contributed by atoms with van der Waals surface area (Å²) in [5.74, 6) is -1.94. The van der Waals surface area contributed by atoms with Crippen LogP contribution in [0.25, 0.3) is 0 Å². The Hall–Kier alpha value is 0.220. The second-order valence-electron chi connectivity index (χ2n) is 1.19. The number of aliphatic carboxylic acids is 1. The van der Waals surface area contributed by atoms with Crippen molar-refractivity contribution in [3.05, 3.63) is 0 Å². The number of carboxylic acids is 1. The molecule has 0 aliphatic heterocycles. The van der Waals surface area contributed by atoms with Gasteiger partial charge in [-0.1, -0.05) is 0 Å². The Balaban J connectivity index is 0. The molecule has 4 heteroatoms. The van der Waals surface area contributed by atoms with Gasteiger partial charge in [0, 0.05) is 0 Å². The van der Waals surface area contributed by atoms with Crippen LogP contribution >= 0.6 is 0 Å². The molecular formula is C4H7CaNO2. The molecule has 0 aliphatic carbocycles. The maximum absolute atomic E-state index is 9.71. The third-order valence-electron chi connectivity index (χ3n) is 0.564. The van der Waals surface area contributed by atoms with E-state index < -0.39 is 11.9 Å². The second kappa shape index (κ2) is 5.36. The fourth-order valence-corrected chi connectivity index (χ4v) is 0.0552. The van der Waals surface area contributed by atoms with Gasteiger partial charge in [-0.2, -0.15) is 5.26 Å². The van der Waals surface area contributed by atoms with Crippen LogP contribution in [0.15, 0.2) is 0 Å². The van der Waals surface area contributed by atoms with E-state index in [9.17, 15) is 4.79 Å². The topological polar surface area (TPSA) is 61.1 Å². The molecule has 0 fully saturated rings. The Morgan fingerprint density at radius 2 is 2.25 bits per heavy atom. The third kappa shape index (κ3) is 4.38. The second-order valence-corrected chi connectivity index (χ2v) is 1.19. The number of carbonyl (C=O) groups is 1. The summed E-state index contributed by atoms with van der Waals surface area (Å²) in [6.07, 6.45) is 0.